The van der Waals surface area contributed by atoms with E-state index in [2.05, 4.69) is 5.32 Å². The van der Waals surface area contributed by atoms with Crippen LogP contribution in [0.25, 0.3) is 11.3 Å². The number of likely N-dealkylation sites (N-methyl/N-ethyl adjacent to an activating group) is 1. The molecule has 1 saturated carbocycles. The Morgan fingerprint density at radius 3 is 2.29 bits per heavy atom. The van der Waals surface area contributed by atoms with E-state index in [1.165, 1.54) is 12.3 Å². The monoisotopic (exact) mass is 463 g/mol. The van der Waals surface area contributed by atoms with Crippen molar-refractivity contribution in [3.63, 3.8) is 0 Å². The second kappa shape index (κ2) is 9.99. The summed E-state index contributed by atoms with van der Waals surface area (Å²) in [6.07, 6.45) is 6.44. The number of carbonyl (C=O) groups excluding carboxylic acids is 3. The van der Waals surface area contributed by atoms with Crippen molar-refractivity contribution >= 4 is 23.4 Å². The van der Waals surface area contributed by atoms with E-state index in [-0.39, 0.29) is 23.5 Å². The van der Waals surface area contributed by atoms with Crippen molar-refractivity contribution < 1.29 is 23.2 Å². The number of amides is 3. The highest BCUT2D eigenvalue weighted by Gasteiger charge is 2.38. The van der Waals surface area contributed by atoms with Crippen LogP contribution in [0, 0.1) is 12.8 Å². The normalized spacial score (nSPS) is 15.0. The number of nitrogens with one attached hydrogen (secondary N) is 1. The minimum absolute atomic E-state index is 0.0488. The lowest BCUT2D eigenvalue weighted by Crippen LogP contribution is -2.53. The third-order valence-corrected chi connectivity index (χ3v) is 6.48. The van der Waals surface area contributed by atoms with Crippen molar-refractivity contribution in [1.29, 1.82) is 0 Å². The van der Waals surface area contributed by atoms with Crippen LogP contribution in [-0.2, 0) is 4.79 Å². The Kier molecular flexibility index (Phi) is 6.86. The van der Waals surface area contributed by atoms with E-state index >= 15 is 0 Å². The highest BCUT2D eigenvalue weighted by atomic mass is 16.4. The predicted molar refractivity (Wildman–Crippen MR) is 127 cm³/mol. The third kappa shape index (κ3) is 4.62. The Balaban J connectivity index is 1.75. The molecule has 178 valence electrons. The molecule has 0 radical (unpaired) electrons. The lowest BCUT2D eigenvalue weighted by Gasteiger charge is -2.37. The lowest BCUT2D eigenvalue weighted by molar-refractivity contribution is -0.123. The molecule has 3 amide bonds. The standard InChI is InChI=1S/C26H29N3O5/c1-16-20(14-15-33-16)26(32)29(23(25(31)28-2)18-6-4-3-5-7-18)19-10-8-17(9-11-19)21-12-13-22(34-21)24(27)30/h8-15,18,23H,3-7H2,1-2H3,(H2,27,30)(H,28,31)/t23-/m0/s1. The number of hydrogen-bond acceptors (Lipinski definition) is 5. The zero-order chi connectivity index (χ0) is 24.2. The highest BCUT2D eigenvalue weighted by molar-refractivity contribution is 6.10. The van der Waals surface area contributed by atoms with Crippen LogP contribution in [0.5, 0.6) is 0 Å². The molecule has 3 N–H and O–H groups in total. The van der Waals surface area contributed by atoms with Crippen molar-refractivity contribution in [3.05, 3.63) is 65.8 Å². The van der Waals surface area contributed by atoms with Gasteiger partial charge in [0.1, 0.15) is 17.6 Å². The molecule has 0 spiro atoms. The summed E-state index contributed by atoms with van der Waals surface area (Å²) in [6, 6.07) is 11.3. The number of carbonyl (C=O) groups is 3. The average molecular weight is 464 g/mol. The Morgan fingerprint density at radius 2 is 1.74 bits per heavy atom. The summed E-state index contributed by atoms with van der Waals surface area (Å²) >= 11 is 0. The van der Waals surface area contributed by atoms with Crippen LogP contribution in [0.3, 0.4) is 0 Å². The number of hydrogen-bond donors (Lipinski definition) is 2. The molecule has 0 saturated heterocycles. The minimum Gasteiger partial charge on any atom is -0.469 e. The topological polar surface area (TPSA) is 119 Å². The Labute approximate surface area is 198 Å². The first-order valence-corrected chi connectivity index (χ1v) is 11.5. The van der Waals surface area contributed by atoms with Crippen molar-refractivity contribution in [3.8, 4) is 11.3 Å². The van der Waals surface area contributed by atoms with Gasteiger partial charge in [0.05, 0.1) is 11.8 Å². The van der Waals surface area contributed by atoms with Crippen LogP contribution in [0.15, 0.2) is 57.6 Å². The van der Waals surface area contributed by atoms with Crippen LogP contribution >= 0.6 is 0 Å². The summed E-state index contributed by atoms with van der Waals surface area (Å²) in [5, 5.41) is 2.76. The van der Waals surface area contributed by atoms with E-state index in [0.717, 1.165) is 37.7 Å². The summed E-state index contributed by atoms with van der Waals surface area (Å²) in [7, 11) is 1.60. The van der Waals surface area contributed by atoms with Gasteiger partial charge < -0.3 is 19.9 Å². The first-order valence-electron chi connectivity index (χ1n) is 11.5. The van der Waals surface area contributed by atoms with Crippen molar-refractivity contribution in [2.24, 2.45) is 11.7 Å². The second-order valence-corrected chi connectivity index (χ2v) is 8.60. The molecule has 2 aromatic heterocycles. The van der Waals surface area contributed by atoms with Crippen LogP contribution in [0.4, 0.5) is 5.69 Å². The maximum atomic E-state index is 13.8. The molecule has 3 aromatic rings. The maximum absolute atomic E-state index is 13.8. The molecule has 0 unspecified atom stereocenters. The molecule has 4 rings (SSSR count). The van der Waals surface area contributed by atoms with Crippen molar-refractivity contribution in [1.82, 2.24) is 5.32 Å². The molecule has 1 aromatic carbocycles. The molecule has 34 heavy (non-hydrogen) atoms. The van der Waals surface area contributed by atoms with Crippen molar-refractivity contribution in [2.75, 3.05) is 11.9 Å². The van der Waals surface area contributed by atoms with Gasteiger partial charge in [-0.05, 0) is 68.1 Å². The predicted octanol–water partition coefficient (Wildman–Crippen LogP) is 4.29. The maximum Gasteiger partial charge on any atom is 0.284 e. The van der Waals surface area contributed by atoms with Gasteiger partial charge in [-0.2, -0.15) is 0 Å². The molecule has 8 nitrogen and oxygen atoms in total. The van der Waals surface area contributed by atoms with Crippen LogP contribution in [0.1, 0.15) is 58.8 Å². The molecular formula is C26H29N3O5. The molecular weight excluding hydrogens is 434 g/mol. The summed E-state index contributed by atoms with van der Waals surface area (Å²) in [6.45, 7) is 1.73. The van der Waals surface area contributed by atoms with Gasteiger partial charge in [0, 0.05) is 18.3 Å². The quantitative estimate of drug-likeness (QED) is 0.542. The SMILES string of the molecule is CNC(=O)[C@H](C1CCCCC1)N(C(=O)c1ccoc1C)c1ccc(-c2ccc(C(N)=O)o2)cc1. The average Bonchev–Trinajstić information content (AvgIpc) is 3.52. The van der Waals surface area contributed by atoms with E-state index in [4.69, 9.17) is 14.6 Å². The van der Waals surface area contributed by atoms with Gasteiger partial charge in [-0.15, -0.1) is 0 Å². The molecule has 1 atom stereocenters. The largest absolute Gasteiger partial charge is 0.469 e. The molecule has 1 aliphatic rings. The van der Waals surface area contributed by atoms with Gasteiger partial charge in [0.15, 0.2) is 5.76 Å². The van der Waals surface area contributed by atoms with Gasteiger partial charge in [0.2, 0.25) is 5.91 Å². The first kappa shape index (κ1) is 23.4. The number of primary amides is 1. The van der Waals surface area contributed by atoms with Gasteiger partial charge in [-0.1, -0.05) is 19.3 Å². The number of rotatable bonds is 7. The third-order valence-electron chi connectivity index (χ3n) is 6.48. The van der Waals surface area contributed by atoms with E-state index in [1.807, 2.05) is 0 Å². The van der Waals surface area contributed by atoms with Gasteiger partial charge >= 0.3 is 0 Å². The Bertz CT molecular complexity index is 1170. The molecule has 2 heterocycles. The Hall–Kier alpha value is -3.81. The minimum atomic E-state index is -0.650. The summed E-state index contributed by atoms with van der Waals surface area (Å²) in [4.78, 5) is 39.9. The number of furan rings is 2. The summed E-state index contributed by atoms with van der Waals surface area (Å²) in [5.41, 5.74) is 7.02. The Morgan fingerprint density at radius 1 is 1.03 bits per heavy atom. The van der Waals surface area contributed by atoms with E-state index in [1.54, 1.807) is 55.3 Å². The smallest absolute Gasteiger partial charge is 0.284 e. The van der Waals surface area contributed by atoms with E-state index in [9.17, 15) is 14.4 Å². The van der Waals surface area contributed by atoms with Gasteiger partial charge in [0.25, 0.3) is 11.8 Å². The van der Waals surface area contributed by atoms with Gasteiger partial charge in [-0.25, -0.2) is 0 Å². The fraction of sp³-hybridized carbons (Fsp3) is 0.346. The van der Waals surface area contributed by atoms with Gasteiger partial charge in [-0.3, -0.25) is 19.3 Å². The zero-order valence-corrected chi connectivity index (χ0v) is 19.4. The van der Waals surface area contributed by atoms with Crippen LogP contribution in [-0.4, -0.2) is 30.8 Å². The fourth-order valence-corrected chi connectivity index (χ4v) is 4.69. The molecule has 1 aliphatic carbocycles. The fourth-order valence-electron chi connectivity index (χ4n) is 4.69. The summed E-state index contributed by atoms with van der Waals surface area (Å²) in [5.74, 6) is -0.0126. The highest BCUT2D eigenvalue weighted by Crippen LogP contribution is 2.34. The molecule has 1 fully saturated rings. The van der Waals surface area contributed by atoms with E-state index in [0.29, 0.717) is 22.8 Å². The van der Waals surface area contributed by atoms with Crippen LogP contribution < -0.4 is 16.0 Å². The number of aryl methyl sites for hydroxylation is 1. The molecule has 0 bridgehead atoms. The number of anilines is 1. The number of nitrogens with zero attached hydrogens (tertiary/aromatic N) is 1. The summed E-state index contributed by atoms with van der Waals surface area (Å²) < 4.78 is 10.9. The molecule has 8 heteroatoms. The van der Waals surface area contributed by atoms with Crippen LogP contribution in [0.2, 0.25) is 0 Å². The second-order valence-electron chi connectivity index (χ2n) is 8.60. The zero-order valence-electron chi connectivity index (χ0n) is 19.4. The molecule has 0 aliphatic heterocycles. The van der Waals surface area contributed by atoms with E-state index < -0.39 is 11.9 Å². The van der Waals surface area contributed by atoms with Crippen molar-refractivity contribution in [2.45, 2.75) is 45.1 Å². The lowest BCUT2D eigenvalue weighted by atomic mass is 9.82. The number of benzene rings is 1. The number of nitrogens with two attached hydrogens (primary N) is 1. The first-order chi connectivity index (χ1) is 16.4.